The van der Waals surface area contributed by atoms with Crippen molar-refractivity contribution in [2.24, 2.45) is 0 Å². The van der Waals surface area contributed by atoms with Crippen molar-refractivity contribution in [1.29, 1.82) is 0 Å². The summed E-state index contributed by atoms with van der Waals surface area (Å²) in [5.74, 6) is -0.0236. The van der Waals surface area contributed by atoms with Gasteiger partial charge in [-0.15, -0.1) is 0 Å². The van der Waals surface area contributed by atoms with E-state index < -0.39 is 5.97 Å². The SMILES string of the molecule is COC(=O)c1ccc(Cl)c(NC(=O)Cn2c(C)nc3ccccc32)c1. The Morgan fingerprint density at radius 1 is 1.24 bits per heavy atom. The number of fused-ring (bicyclic) bond motifs is 1. The Morgan fingerprint density at radius 2 is 2.00 bits per heavy atom. The molecule has 25 heavy (non-hydrogen) atoms. The highest BCUT2D eigenvalue weighted by Crippen LogP contribution is 2.24. The van der Waals surface area contributed by atoms with Crippen LogP contribution < -0.4 is 5.32 Å². The molecule has 0 aliphatic carbocycles. The maximum Gasteiger partial charge on any atom is 0.337 e. The number of benzene rings is 2. The maximum absolute atomic E-state index is 12.4. The third-order valence-electron chi connectivity index (χ3n) is 3.81. The number of hydrogen-bond donors (Lipinski definition) is 1. The molecule has 128 valence electrons. The topological polar surface area (TPSA) is 73.2 Å². The van der Waals surface area contributed by atoms with Crippen molar-refractivity contribution in [2.75, 3.05) is 12.4 Å². The number of esters is 1. The van der Waals surface area contributed by atoms with Crippen LogP contribution in [0.5, 0.6) is 0 Å². The Kier molecular flexibility index (Phi) is 4.72. The van der Waals surface area contributed by atoms with Crippen LogP contribution in [0.1, 0.15) is 16.2 Å². The van der Waals surface area contributed by atoms with Gasteiger partial charge in [0.25, 0.3) is 0 Å². The van der Waals surface area contributed by atoms with Gasteiger partial charge >= 0.3 is 5.97 Å². The van der Waals surface area contributed by atoms with Crippen LogP contribution >= 0.6 is 11.6 Å². The molecule has 7 heteroatoms. The van der Waals surface area contributed by atoms with Gasteiger partial charge in [-0.2, -0.15) is 0 Å². The summed E-state index contributed by atoms with van der Waals surface area (Å²) in [6.07, 6.45) is 0. The minimum atomic E-state index is -0.497. The highest BCUT2D eigenvalue weighted by Gasteiger charge is 2.14. The van der Waals surface area contributed by atoms with Crippen LogP contribution in [-0.2, 0) is 16.1 Å². The molecule has 2 aromatic carbocycles. The summed E-state index contributed by atoms with van der Waals surface area (Å²) in [5.41, 5.74) is 2.38. The van der Waals surface area contributed by atoms with Gasteiger partial charge in [0.2, 0.25) is 5.91 Å². The standard InChI is InChI=1S/C18H16ClN3O3/c1-11-20-14-5-3-4-6-16(14)22(11)10-17(23)21-15-9-12(18(24)25-2)7-8-13(15)19/h3-9H,10H2,1-2H3,(H,21,23). The predicted octanol–water partition coefficient (Wildman–Crippen LogP) is 3.42. The fourth-order valence-corrected chi connectivity index (χ4v) is 2.76. The Bertz CT molecular complexity index is 965. The minimum Gasteiger partial charge on any atom is -0.465 e. The average Bonchev–Trinajstić information content (AvgIpc) is 2.92. The first-order chi connectivity index (χ1) is 12.0. The number of methoxy groups -OCH3 is 1. The molecule has 1 N–H and O–H groups in total. The molecule has 0 unspecified atom stereocenters. The number of imidazole rings is 1. The van der Waals surface area contributed by atoms with Crippen molar-refractivity contribution in [2.45, 2.75) is 13.5 Å². The van der Waals surface area contributed by atoms with Gasteiger partial charge in [0, 0.05) is 0 Å². The fraction of sp³-hybridized carbons (Fsp3) is 0.167. The number of anilines is 1. The van der Waals surface area contributed by atoms with E-state index in [0.29, 0.717) is 16.3 Å². The van der Waals surface area contributed by atoms with E-state index in [2.05, 4.69) is 15.0 Å². The number of amides is 1. The minimum absolute atomic E-state index is 0.0884. The van der Waals surface area contributed by atoms with E-state index in [1.54, 1.807) is 6.07 Å². The number of para-hydroxylation sites is 2. The van der Waals surface area contributed by atoms with Gasteiger partial charge in [-0.05, 0) is 37.3 Å². The number of nitrogens with zero attached hydrogens (tertiary/aromatic N) is 2. The number of carbonyl (C=O) groups is 2. The van der Waals surface area contributed by atoms with E-state index in [9.17, 15) is 9.59 Å². The third kappa shape index (κ3) is 3.49. The van der Waals surface area contributed by atoms with Crippen LogP contribution in [0.15, 0.2) is 42.5 Å². The number of rotatable bonds is 4. The third-order valence-corrected chi connectivity index (χ3v) is 4.14. The first kappa shape index (κ1) is 17.0. The molecular weight excluding hydrogens is 342 g/mol. The molecule has 1 heterocycles. The summed E-state index contributed by atoms with van der Waals surface area (Å²) < 4.78 is 6.50. The number of halogens is 1. The molecule has 0 atom stereocenters. The largest absolute Gasteiger partial charge is 0.465 e. The second-order valence-corrected chi connectivity index (χ2v) is 5.88. The number of aryl methyl sites for hydroxylation is 1. The maximum atomic E-state index is 12.4. The lowest BCUT2D eigenvalue weighted by Gasteiger charge is -2.11. The van der Waals surface area contributed by atoms with Crippen LogP contribution in [0.25, 0.3) is 11.0 Å². The molecule has 0 saturated heterocycles. The van der Waals surface area contributed by atoms with Gasteiger partial charge in [0.15, 0.2) is 0 Å². The highest BCUT2D eigenvalue weighted by molar-refractivity contribution is 6.33. The normalized spacial score (nSPS) is 10.7. The predicted molar refractivity (Wildman–Crippen MR) is 95.9 cm³/mol. The number of hydrogen-bond acceptors (Lipinski definition) is 4. The average molecular weight is 358 g/mol. The first-order valence-electron chi connectivity index (χ1n) is 7.59. The zero-order valence-electron chi connectivity index (χ0n) is 13.7. The van der Waals surface area contributed by atoms with Crippen molar-refractivity contribution < 1.29 is 14.3 Å². The van der Waals surface area contributed by atoms with Crippen LogP contribution in [0.3, 0.4) is 0 Å². The summed E-state index contributed by atoms with van der Waals surface area (Å²) in [7, 11) is 1.29. The second-order valence-electron chi connectivity index (χ2n) is 5.47. The molecule has 3 aromatic rings. The van der Waals surface area contributed by atoms with Gasteiger partial charge in [-0.3, -0.25) is 4.79 Å². The molecule has 1 amide bonds. The van der Waals surface area contributed by atoms with Gasteiger partial charge < -0.3 is 14.6 Å². The Hall–Kier alpha value is -2.86. The molecule has 0 aliphatic rings. The molecular formula is C18H16ClN3O3. The number of ether oxygens (including phenoxy) is 1. The number of carbonyl (C=O) groups excluding carboxylic acids is 2. The van der Waals surface area contributed by atoms with E-state index in [4.69, 9.17) is 11.6 Å². The van der Waals surface area contributed by atoms with Crippen molar-refractivity contribution in [3.05, 3.63) is 58.9 Å². The molecule has 6 nitrogen and oxygen atoms in total. The monoisotopic (exact) mass is 357 g/mol. The number of aromatic nitrogens is 2. The van der Waals surface area contributed by atoms with Gasteiger partial charge in [0.05, 0.1) is 34.4 Å². The highest BCUT2D eigenvalue weighted by atomic mass is 35.5. The van der Waals surface area contributed by atoms with Crippen LogP contribution in [0.4, 0.5) is 5.69 Å². The van der Waals surface area contributed by atoms with E-state index in [-0.39, 0.29) is 12.5 Å². The summed E-state index contributed by atoms with van der Waals surface area (Å²) >= 11 is 6.11. The van der Waals surface area contributed by atoms with Crippen molar-refractivity contribution in [3.63, 3.8) is 0 Å². The van der Waals surface area contributed by atoms with Crippen LogP contribution in [-0.4, -0.2) is 28.5 Å². The van der Waals surface area contributed by atoms with Gasteiger partial charge in [-0.25, -0.2) is 9.78 Å². The van der Waals surface area contributed by atoms with E-state index in [1.165, 1.54) is 19.2 Å². The molecule has 0 spiro atoms. The lowest BCUT2D eigenvalue weighted by Crippen LogP contribution is -2.20. The molecule has 0 aliphatic heterocycles. The lowest BCUT2D eigenvalue weighted by molar-refractivity contribution is -0.116. The van der Waals surface area contributed by atoms with Gasteiger partial charge in [-0.1, -0.05) is 23.7 Å². The second kappa shape index (κ2) is 6.94. The van der Waals surface area contributed by atoms with Crippen molar-refractivity contribution in [3.8, 4) is 0 Å². The Morgan fingerprint density at radius 3 is 2.76 bits per heavy atom. The smallest absolute Gasteiger partial charge is 0.337 e. The van der Waals surface area contributed by atoms with Crippen LogP contribution in [0, 0.1) is 6.92 Å². The molecule has 1 aromatic heterocycles. The Balaban J connectivity index is 1.83. The Labute approximate surface area is 149 Å². The zero-order chi connectivity index (χ0) is 18.0. The lowest BCUT2D eigenvalue weighted by atomic mass is 10.2. The fourth-order valence-electron chi connectivity index (χ4n) is 2.59. The molecule has 0 fully saturated rings. The van der Waals surface area contributed by atoms with Crippen molar-refractivity contribution >= 4 is 40.2 Å². The summed E-state index contributed by atoms with van der Waals surface area (Å²) in [6.45, 7) is 1.93. The molecule has 0 bridgehead atoms. The van der Waals surface area contributed by atoms with E-state index >= 15 is 0 Å². The van der Waals surface area contributed by atoms with E-state index in [0.717, 1.165) is 16.9 Å². The van der Waals surface area contributed by atoms with Gasteiger partial charge in [0.1, 0.15) is 12.4 Å². The molecule has 0 radical (unpaired) electrons. The van der Waals surface area contributed by atoms with E-state index in [1.807, 2.05) is 35.8 Å². The summed E-state index contributed by atoms with van der Waals surface area (Å²) in [6, 6.07) is 12.2. The first-order valence-corrected chi connectivity index (χ1v) is 7.97. The zero-order valence-corrected chi connectivity index (χ0v) is 14.5. The molecule has 3 rings (SSSR count). The number of nitrogens with one attached hydrogen (secondary N) is 1. The quantitative estimate of drug-likeness (QED) is 0.726. The van der Waals surface area contributed by atoms with Crippen LogP contribution in [0.2, 0.25) is 5.02 Å². The van der Waals surface area contributed by atoms with Crippen molar-refractivity contribution in [1.82, 2.24) is 9.55 Å². The summed E-state index contributed by atoms with van der Waals surface area (Å²) in [5, 5.41) is 3.07. The molecule has 0 saturated carbocycles. The summed E-state index contributed by atoms with van der Waals surface area (Å²) in [4.78, 5) is 28.5.